The third kappa shape index (κ3) is 5.13. The summed E-state index contributed by atoms with van der Waals surface area (Å²) in [5.74, 6) is 1.36. The van der Waals surface area contributed by atoms with Gasteiger partial charge >= 0.3 is 6.18 Å². The topological polar surface area (TPSA) is 48.9 Å². The number of halogens is 4. The molecule has 0 amide bonds. The van der Waals surface area contributed by atoms with Gasteiger partial charge in [-0.2, -0.15) is 13.2 Å². The Morgan fingerprint density at radius 3 is 2.55 bits per heavy atom. The molecule has 4 atom stereocenters. The quantitative estimate of drug-likeness (QED) is 0.339. The summed E-state index contributed by atoms with van der Waals surface area (Å²) >= 11 is 0. The van der Waals surface area contributed by atoms with Crippen molar-refractivity contribution < 1.29 is 17.9 Å². The molecule has 31 heavy (non-hydrogen) atoms. The second kappa shape index (κ2) is 9.43. The van der Waals surface area contributed by atoms with Gasteiger partial charge < -0.3 is 15.4 Å². The fraction of sp³-hybridized carbons (Fsp3) is 0.682. The van der Waals surface area contributed by atoms with Crippen LogP contribution in [-0.4, -0.2) is 55.8 Å². The number of hydrogen-bond acceptors (Lipinski definition) is 3. The summed E-state index contributed by atoms with van der Waals surface area (Å²) in [6.45, 7) is 7.72. The Kier molecular flexibility index (Phi) is 7.47. The Labute approximate surface area is 199 Å². The number of hydrogen-bond donors (Lipinski definition) is 2. The van der Waals surface area contributed by atoms with E-state index in [1.807, 2.05) is 0 Å². The van der Waals surface area contributed by atoms with E-state index in [2.05, 4.69) is 34.4 Å². The first-order chi connectivity index (χ1) is 14.2. The molecule has 0 aromatic heterocycles. The van der Waals surface area contributed by atoms with Crippen molar-refractivity contribution in [2.75, 3.05) is 26.7 Å². The normalized spacial score (nSPS) is 30.3. The number of guanidine groups is 1. The molecule has 2 saturated heterocycles. The van der Waals surface area contributed by atoms with Crippen LogP contribution in [0.25, 0.3) is 0 Å². The van der Waals surface area contributed by atoms with Crippen LogP contribution in [0.3, 0.4) is 0 Å². The van der Waals surface area contributed by atoms with Crippen LogP contribution < -0.4 is 10.6 Å². The maximum absolute atomic E-state index is 12.7. The predicted molar refractivity (Wildman–Crippen MR) is 126 cm³/mol. The fourth-order valence-corrected chi connectivity index (χ4v) is 5.28. The van der Waals surface area contributed by atoms with Gasteiger partial charge in [0.1, 0.15) is 0 Å². The Morgan fingerprint density at radius 1 is 1.19 bits per heavy atom. The van der Waals surface area contributed by atoms with E-state index in [4.69, 9.17) is 4.74 Å². The summed E-state index contributed by atoms with van der Waals surface area (Å²) in [5, 5.41) is 7.15. The highest BCUT2D eigenvalue weighted by atomic mass is 127. The van der Waals surface area contributed by atoms with Gasteiger partial charge in [-0.1, -0.05) is 26.0 Å². The van der Waals surface area contributed by atoms with Crippen molar-refractivity contribution in [2.24, 2.45) is 16.3 Å². The molecule has 5 nitrogen and oxygen atoms in total. The monoisotopic (exact) mass is 552 g/mol. The molecule has 2 heterocycles. The van der Waals surface area contributed by atoms with Crippen molar-refractivity contribution in [1.29, 1.82) is 0 Å². The van der Waals surface area contributed by atoms with Gasteiger partial charge in [0.15, 0.2) is 5.96 Å². The third-order valence-corrected chi connectivity index (χ3v) is 6.92. The van der Waals surface area contributed by atoms with Crippen molar-refractivity contribution in [3.8, 4) is 0 Å². The molecule has 1 saturated carbocycles. The largest absolute Gasteiger partial charge is 0.416 e. The SMILES string of the molecule is CN=C(NC1CCN(Cc2ccc(C(F)(F)F)cc2)C1)NC1C2CCOC2C1(C)C.I. The molecule has 0 spiro atoms. The van der Waals surface area contributed by atoms with Gasteiger partial charge in [-0.25, -0.2) is 0 Å². The highest BCUT2D eigenvalue weighted by Gasteiger charge is 2.59. The van der Waals surface area contributed by atoms with Gasteiger partial charge in [-0.05, 0) is 30.5 Å². The molecule has 0 radical (unpaired) electrons. The molecule has 1 aliphatic carbocycles. The van der Waals surface area contributed by atoms with Crippen LogP contribution >= 0.6 is 24.0 Å². The number of alkyl halides is 3. The summed E-state index contributed by atoms with van der Waals surface area (Å²) in [6, 6.07) is 6.08. The van der Waals surface area contributed by atoms with Gasteiger partial charge in [0.05, 0.1) is 11.7 Å². The molecule has 0 bridgehead atoms. The molecule has 2 N–H and O–H groups in total. The van der Waals surface area contributed by atoms with E-state index >= 15 is 0 Å². The van der Waals surface area contributed by atoms with Gasteiger partial charge in [0, 0.05) is 56.7 Å². The lowest BCUT2D eigenvalue weighted by molar-refractivity contribution is -0.137. The van der Waals surface area contributed by atoms with Crippen molar-refractivity contribution in [2.45, 2.75) is 57.6 Å². The maximum Gasteiger partial charge on any atom is 0.416 e. The molecule has 4 rings (SSSR count). The summed E-state index contributed by atoms with van der Waals surface area (Å²) in [6.07, 6.45) is -1.89. The number of rotatable bonds is 4. The number of ether oxygens (including phenoxy) is 1. The number of nitrogens with zero attached hydrogens (tertiary/aromatic N) is 2. The minimum absolute atomic E-state index is 0. The fourth-order valence-electron chi connectivity index (χ4n) is 5.28. The van der Waals surface area contributed by atoms with Gasteiger partial charge in [0.25, 0.3) is 0 Å². The highest BCUT2D eigenvalue weighted by Crippen LogP contribution is 2.52. The van der Waals surface area contributed by atoms with Crippen molar-refractivity contribution >= 4 is 29.9 Å². The van der Waals surface area contributed by atoms with E-state index in [1.165, 1.54) is 0 Å². The molecule has 3 fully saturated rings. The molecule has 4 unspecified atom stereocenters. The lowest BCUT2D eigenvalue weighted by atomic mass is 9.57. The van der Waals surface area contributed by atoms with Gasteiger partial charge in [-0.3, -0.25) is 9.89 Å². The minimum atomic E-state index is -4.29. The highest BCUT2D eigenvalue weighted by molar-refractivity contribution is 14.0. The zero-order chi connectivity index (χ0) is 21.5. The van der Waals surface area contributed by atoms with Gasteiger partial charge in [0.2, 0.25) is 0 Å². The Morgan fingerprint density at radius 2 is 1.90 bits per heavy atom. The molecule has 174 valence electrons. The lowest BCUT2D eigenvalue weighted by Gasteiger charge is -2.55. The Hall–Kier alpha value is -1.07. The summed E-state index contributed by atoms with van der Waals surface area (Å²) in [4.78, 5) is 6.69. The van der Waals surface area contributed by atoms with Crippen molar-refractivity contribution in [3.05, 3.63) is 35.4 Å². The van der Waals surface area contributed by atoms with E-state index in [9.17, 15) is 13.2 Å². The molecule has 9 heteroatoms. The zero-order valence-corrected chi connectivity index (χ0v) is 20.5. The van der Waals surface area contributed by atoms with E-state index < -0.39 is 11.7 Å². The smallest absolute Gasteiger partial charge is 0.377 e. The van der Waals surface area contributed by atoms with Crippen LogP contribution in [0.2, 0.25) is 0 Å². The van der Waals surface area contributed by atoms with E-state index in [-0.39, 0.29) is 35.4 Å². The summed E-state index contributed by atoms with van der Waals surface area (Å²) < 4.78 is 44.1. The van der Waals surface area contributed by atoms with Crippen LogP contribution in [0, 0.1) is 11.3 Å². The first-order valence-corrected chi connectivity index (χ1v) is 10.7. The summed E-state index contributed by atoms with van der Waals surface area (Å²) in [7, 11) is 1.79. The van der Waals surface area contributed by atoms with Crippen molar-refractivity contribution in [3.63, 3.8) is 0 Å². The first-order valence-electron chi connectivity index (χ1n) is 10.7. The molecule has 1 aromatic rings. The number of fused-ring (bicyclic) bond motifs is 1. The summed E-state index contributed by atoms with van der Waals surface area (Å²) in [5.41, 5.74) is 0.383. The average molecular weight is 552 g/mol. The Balaban J connectivity index is 0.00000272. The molecular weight excluding hydrogens is 520 g/mol. The van der Waals surface area contributed by atoms with Crippen LogP contribution in [0.4, 0.5) is 13.2 Å². The molecule has 2 aliphatic heterocycles. The van der Waals surface area contributed by atoms with Crippen LogP contribution in [0.5, 0.6) is 0 Å². The molecule has 1 aromatic carbocycles. The van der Waals surface area contributed by atoms with Crippen LogP contribution in [-0.2, 0) is 17.5 Å². The van der Waals surface area contributed by atoms with E-state index in [0.717, 1.165) is 56.2 Å². The second-order valence-corrected chi connectivity index (χ2v) is 9.32. The third-order valence-electron chi connectivity index (χ3n) is 6.92. The zero-order valence-electron chi connectivity index (χ0n) is 18.2. The number of likely N-dealkylation sites (tertiary alicyclic amines) is 1. The number of nitrogens with one attached hydrogen (secondary N) is 2. The van der Waals surface area contributed by atoms with E-state index in [1.54, 1.807) is 19.2 Å². The standard InChI is InChI=1S/C22H31F3N4O.HI/c1-21(2)18(17-9-11-30-19(17)21)28-20(26-3)27-16-8-10-29(13-16)12-14-4-6-15(7-5-14)22(23,24)25;/h4-7,16-19H,8-13H2,1-3H3,(H2,26,27,28);1H. The van der Waals surface area contributed by atoms with Crippen LogP contribution in [0.1, 0.15) is 37.8 Å². The lowest BCUT2D eigenvalue weighted by Crippen LogP contribution is -2.68. The Bertz CT molecular complexity index is 784. The van der Waals surface area contributed by atoms with Crippen LogP contribution in [0.15, 0.2) is 29.3 Å². The van der Waals surface area contributed by atoms with Gasteiger partial charge in [-0.15, -0.1) is 24.0 Å². The maximum atomic E-state index is 12.7. The molecular formula is C22H32F3IN4O. The van der Waals surface area contributed by atoms with E-state index in [0.29, 0.717) is 24.6 Å². The first kappa shape index (κ1) is 24.6. The number of benzene rings is 1. The second-order valence-electron chi connectivity index (χ2n) is 9.32. The molecule has 3 aliphatic rings. The average Bonchev–Trinajstić information content (AvgIpc) is 3.33. The predicted octanol–water partition coefficient (Wildman–Crippen LogP) is 3.88. The minimum Gasteiger partial charge on any atom is -0.377 e. The number of aliphatic imine (C=N–C) groups is 1. The van der Waals surface area contributed by atoms with Crippen molar-refractivity contribution in [1.82, 2.24) is 15.5 Å².